The van der Waals surface area contributed by atoms with Crippen molar-refractivity contribution in [3.05, 3.63) is 23.8 Å². The van der Waals surface area contributed by atoms with Gasteiger partial charge in [0.2, 0.25) is 11.8 Å². The Morgan fingerprint density at radius 2 is 1.79 bits per heavy atom. The number of nitrogens with one attached hydrogen (secondary N) is 3. The van der Waals surface area contributed by atoms with Gasteiger partial charge in [0.05, 0.1) is 12.2 Å². The fraction of sp³-hybridized carbons (Fsp3) is 0.550. The minimum atomic E-state index is -5.88. The summed E-state index contributed by atoms with van der Waals surface area (Å²) in [5.74, 6) is -8.18. The lowest BCUT2D eigenvalue weighted by molar-refractivity contribution is -0.278. The van der Waals surface area contributed by atoms with Crippen LogP contribution in [0, 0.1) is 12.3 Å². The molecule has 3 amide bonds. The monoisotopic (exact) mass is 481 g/mol. The minimum Gasteiger partial charge on any atom is -0.485 e. The van der Waals surface area contributed by atoms with Gasteiger partial charge in [-0.25, -0.2) is 0 Å². The van der Waals surface area contributed by atoms with Crippen LogP contribution in [0.1, 0.15) is 25.8 Å². The van der Waals surface area contributed by atoms with Crippen molar-refractivity contribution in [1.82, 2.24) is 10.6 Å². The van der Waals surface area contributed by atoms with Crippen LogP contribution in [0.3, 0.4) is 0 Å². The highest BCUT2D eigenvalue weighted by atomic mass is 19.4. The molecule has 2 rings (SSSR count). The summed E-state index contributed by atoms with van der Waals surface area (Å²) in [6.07, 6.45) is -7.03. The fourth-order valence-electron chi connectivity index (χ4n) is 2.90. The van der Waals surface area contributed by atoms with Gasteiger partial charge in [-0.05, 0) is 38.5 Å². The van der Waals surface area contributed by atoms with E-state index < -0.39 is 60.5 Å². The number of aliphatic hydroxyl groups is 1. The fourth-order valence-corrected chi connectivity index (χ4v) is 2.90. The van der Waals surface area contributed by atoms with Gasteiger partial charge >= 0.3 is 12.1 Å². The average Bonchev–Trinajstić information content (AvgIpc) is 2.82. The Morgan fingerprint density at radius 1 is 1.15 bits per heavy atom. The van der Waals surface area contributed by atoms with Crippen molar-refractivity contribution < 1.29 is 46.2 Å². The SMILES string of the molecule is Cc1ccc2c(c1)NC(=O)[C@H](NC(=O)C(C)(C)C(=O)NCC(F)(F)C(F)(F)F)C(CCO)O2. The number of amides is 3. The van der Waals surface area contributed by atoms with Gasteiger partial charge in [-0.3, -0.25) is 14.4 Å². The number of fused-ring (bicyclic) bond motifs is 1. The second kappa shape index (κ2) is 9.49. The maximum absolute atomic E-state index is 13.1. The van der Waals surface area contributed by atoms with E-state index in [1.807, 2.05) is 0 Å². The van der Waals surface area contributed by atoms with Crippen LogP contribution in [0.25, 0.3) is 0 Å². The van der Waals surface area contributed by atoms with E-state index in [9.17, 15) is 41.4 Å². The zero-order valence-electron chi connectivity index (χ0n) is 18.0. The van der Waals surface area contributed by atoms with E-state index >= 15 is 0 Å². The molecule has 0 spiro atoms. The van der Waals surface area contributed by atoms with Crippen molar-refractivity contribution in [2.24, 2.45) is 5.41 Å². The lowest BCUT2D eigenvalue weighted by Gasteiger charge is -2.29. The number of benzene rings is 1. The summed E-state index contributed by atoms with van der Waals surface area (Å²) in [5.41, 5.74) is -1.01. The van der Waals surface area contributed by atoms with E-state index in [-0.39, 0.29) is 12.2 Å². The molecule has 0 aliphatic carbocycles. The molecule has 13 heteroatoms. The van der Waals surface area contributed by atoms with Gasteiger partial charge in [-0.1, -0.05) is 6.07 Å². The van der Waals surface area contributed by atoms with Gasteiger partial charge in [-0.2, -0.15) is 22.0 Å². The van der Waals surface area contributed by atoms with Crippen molar-refractivity contribution >= 4 is 23.4 Å². The lowest BCUT2D eigenvalue weighted by Crippen LogP contribution is -2.58. The summed E-state index contributed by atoms with van der Waals surface area (Å²) >= 11 is 0. The largest absolute Gasteiger partial charge is 0.485 e. The summed E-state index contributed by atoms with van der Waals surface area (Å²) in [4.78, 5) is 37.8. The Balaban J connectivity index is 2.18. The standard InChI is InChI=1S/C20H24F5N3O5/c1-10-4-5-12-11(8-10)27-15(30)14(13(33-12)6-7-29)28-17(32)18(2,3)16(31)26-9-19(21,22)20(23,24)25/h4-5,8,13-14,29H,6-7,9H2,1-3H3,(H,26,31)(H,27,30)(H,28,32)/t13?,14-/m1/s1. The van der Waals surface area contributed by atoms with Crippen LogP contribution in [0.4, 0.5) is 27.6 Å². The molecule has 1 aliphatic heterocycles. The zero-order valence-corrected chi connectivity index (χ0v) is 18.0. The minimum absolute atomic E-state index is 0.0872. The quantitative estimate of drug-likeness (QED) is 0.351. The van der Waals surface area contributed by atoms with Crippen molar-refractivity contribution in [2.75, 3.05) is 18.5 Å². The normalized spacial score (nSPS) is 19.0. The van der Waals surface area contributed by atoms with Gasteiger partial charge in [0, 0.05) is 13.0 Å². The van der Waals surface area contributed by atoms with Gasteiger partial charge in [0.25, 0.3) is 5.91 Å². The molecule has 0 fully saturated rings. The topological polar surface area (TPSA) is 117 Å². The number of alkyl halides is 5. The highest BCUT2D eigenvalue weighted by Gasteiger charge is 2.57. The first-order valence-corrected chi connectivity index (χ1v) is 9.83. The molecule has 8 nitrogen and oxygen atoms in total. The number of aliphatic hydroxyl groups excluding tert-OH is 1. The molecule has 2 atom stereocenters. The number of aryl methyl sites for hydroxylation is 1. The number of rotatable bonds is 7. The highest BCUT2D eigenvalue weighted by molar-refractivity contribution is 6.07. The smallest absolute Gasteiger partial charge is 0.455 e. The predicted octanol–water partition coefficient (Wildman–Crippen LogP) is 1.90. The van der Waals surface area contributed by atoms with Crippen molar-refractivity contribution in [1.29, 1.82) is 0 Å². The number of anilines is 1. The zero-order chi connectivity index (χ0) is 25.2. The van der Waals surface area contributed by atoms with E-state index in [1.54, 1.807) is 25.1 Å². The van der Waals surface area contributed by atoms with Crippen LogP contribution in [-0.2, 0) is 14.4 Å². The van der Waals surface area contributed by atoms with Gasteiger partial charge in [0.15, 0.2) is 0 Å². The third-order valence-corrected chi connectivity index (χ3v) is 5.05. The van der Waals surface area contributed by atoms with Crippen LogP contribution in [0.2, 0.25) is 0 Å². The first-order valence-electron chi connectivity index (χ1n) is 9.83. The Hall–Kier alpha value is -2.96. The van der Waals surface area contributed by atoms with Crippen LogP contribution < -0.4 is 20.7 Å². The lowest BCUT2D eigenvalue weighted by atomic mass is 9.90. The molecule has 0 saturated heterocycles. The Bertz CT molecular complexity index is 920. The summed E-state index contributed by atoms with van der Waals surface area (Å²) in [6.45, 7) is 1.30. The number of carbonyl (C=O) groups excluding carboxylic acids is 3. The molecule has 1 unspecified atom stereocenters. The van der Waals surface area contributed by atoms with Gasteiger partial charge in [0.1, 0.15) is 23.3 Å². The molecule has 4 N–H and O–H groups in total. The van der Waals surface area contributed by atoms with Gasteiger partial charge in [-0.15, -0.1) is 0 Å². The van der Waals surface area contributed by atoms with Crippen LogP contribution in [0.15, 0.2) is 18.2 Å². The van der Waals surface area contributed by atoms with E-state index in [0.717, 1.165) is 19.4 Å². The molecule has 1 aliphatic rings. The highest BCUT2D eigenvalue weighted by Crippen LogP contribution is 2.35. The average molecular weight is 481 g/mol. The Morgan fingerprint density at radius 3 is 2.36 bits per heavy atom. The molecule has 0 bridgehead atoms. The third-order valence-electron chi connectivity index (χ3n) is 5.05. The molecule has 1 aromatic carbocycles. The second-order valence-corrected chi connectivity index (χ2v) is 8.12. The molecule has 0 saturated carbocycles. The van der Waals surface area contributed by atoms with Crippen LogP contribution >= 0.6 is 0 Å². The summed E-state index contributed by atoms with van der Waals surface area (Å²) in [5, 5.41) is 15.6. The maximum atomic E-state index is 13.1. The van der Waals surface area contributed by atoms with E-state index in [2.05, 4.69) is 10.6 Å². The maximum Gasteiger partial charge on any atom is 0.455 e. The van der Waals surface area contributed by atoms with Crippen LogP contribution in [-0.4, -0.2) is 60.2 Å². The number of hydrogen-bond donors (Lipinski definition) is 4. The molecule has 1 heterocycles. The van der Waals surface area contributed by atoms with E-state index in [1.165, 1.54) is 5.32 Å². The molecule has 1 aromatic rings. The molecule has 33 heavy (non-hydrogen) atoms. The molecular formula is C20H24F5N3O5. The second-order valence-electron chi connectivity index (χ2n) is 8.12. The van der Waals surface area contributed by atoms with Crippen molar-refractivity contribution in [2.45, 2.75) is 51.4 Å². The van der Waals surface area contributed by atoms with Gasteiger partial charge < -0.3 is 25.8 Å². The van der Waals surface area contributed by atoms with E-state index in [4.69, 9.17) is 4.74 Å². The molecule has 0 aromatic heterocycles. The predicted molar refractivity (Wildman–Crippen MR) is 106 cm³/mol. The first-order chi connectivity index (χ1) is 15.1. The van der Waals surface area contributed by atoms with Crippen LogP contribution in [0.5, 0.6) is 5.75 Å². The van der Waals surface area contributed by atoms with E-state index in [0.29, 0.717) is 5.69 Å². The molecule has 184 valence electrons. The summed E-state index contributed by atoms with van der Waals surface area (Å²) < 4.78 is 68.9. The first kappa shape index (κ1) is 26.3. The Labute approximate surface area is 185 Å². The summed E-state index contributed by atoms with van der Waals surface area (Å²) in [7, 11) is 0. The number of hydrogen-bond acceptors (Lipinski definition) is 5. The number of carbonyl (C=O) groups is 3. The molecule has 0 radical (unpaired) electrons. The van der Waals surface area contributed by atoms with Crippen molar-refractivity contribution in [3.8, 4) is 5.75 Å². The molecular weight excluding hydrogens is 457 g/mol. The Kier molecular flexibility index (Phi) is 7.56. The number of ether oxygens (including phenoxy) is 1. The summed E-state index contributed by atoms with van der Waals surface area (Å²) in [6, 6.07) is 3.51. The third kappa shape index (κ3) is 5.89. The van der Waals surface area contributed by atoms with Crippen molar-refractivity contribution in [3.63, 3.8) is 0 Å². The number of halogens is 5.